The largest absolute Gasteiger partial charge is 0.309 e. The SMILES string of the molecule is CN1CCC(n2ccc(NC(=O)C3CCc4c(Cl)cccc43)n2)CC1. The predicted octanol–water partition coefficient (Wildman–Crippen LogP) is 3.47. The summed E-state index contributed by atoms with van der Waals surface area (Å²) in [6.07, 6.45) is 5.84. The van der Waals surface area contributed by atoms with Gasteiger partial charge >= 0.3 is 0 Å². The third-order valence-electron chi connectivity index (χ3n) is 5.45. The van der Waals surface area contributed by atoms with E-state index in [0.29, 0.717) is 11.9 Å². The Hall–Kier alpha value is -1.85. The number of rotatable bonds is 3. The number of anilines is 1. The fourth-order valence-electron chi connectivity index (χ4n) is 3.96. The molecule has 0 saturated carbocycles. The molecule has 1 unspecified atom stereocenters. The van der Waals surface area contributed by atoms with E-state index in [2.05, 4.69) is 22.4 Å². The second kappa shape index (κ2) is 6.81. The highest BCUT2D eigenvalue weighted by molar-refractivity contribution is 6.31. The second-order valence-electron chi connectivity index (χ2n) is 7.10. The van der Waals surface area contributed by atoms with Crippen LogP contribution in [0.25, 0.3) is 0 Å². The van der Waals surface area contributed by atoms with Crippen molar-refractivity contribution in [2.24, 2.45) is 0 Å². The summed E-state index contributed by atoms with van der Waals surface area (Å²) < 4.78 is 2.00. The zero-order chi connectivity index (χ0) is 17.4. The van der Waals surface area contributed by atoms with Crippen LogP contribution in [0.3, 0.4) is 0 Å². The molecule has 5 nitrogen and oxygen atoms in total. The molecule has 2 aliphatic rings. The van der Waals surface area contributed by atoms with E-state index in [9.17, 15) is 4.79 Å². The van der Waals surface area contributed by atoms with Gasteiger partial charge in [0.15, 0.2) is 5.82 Å². The lowest BCUT2D eigenvalue weighted by atomic mass is 10.0. The molecule has 1 N–H and O–H groups in total. The lowest BCUT2D eigenvalue weighted by molar-refractivity contribution is -0.117. The fraction of sp³-hybridized carbons (Fsp3) is 0.474. The quantitative estimate of drug-likeness (QED) is 0.914. The van der Waals surface area contributed by atoms with Crippen molar-refractivity contribution in [2.45, 2.75) is 37.6 Å². The molecule has 132 valence electrons. The molecule has 6 heteroatoms. The van der Waals surface area contributed by atoms with Crippen LogP contribution in [0.4, 0.5) is 5.82 Å². The minimum atomic E-state index is -0.137. The summed E-state index contributed by atoms with van der Waals surface area (Å²) in [5.74, 6) is 0.510. The molecule has 1 fully saturated rings. The van der Waals surface area contributed by atoms with E-state index in [0.717, 1.165) is 54.9 Å². The van der Waals surface area contributed by atoms with Crippen molar-refractivity contribution in [2.75, 3.05) is 25.5 Å². The van der Waals surface area contributed by atoms with E-state index >= 15 is 0 Å². The Bertz CT molecular complexity index is 779. The van der Waals surface area contributed by atoms with Crippen LogP contribution in [0.5, 0.6) is 0 Å². The Balaban J connectivity index is 1.44. The predicted molar refractivity (Wildman–Crippen MR) is 99.1 cm³/mol. The number of nitrogens with zero attached hydrogens (tertiary/aromatic N) is 3. The van der Waals surface area contributed by atoms with Crippen LogP contribution in [-0.4, -0.2) is 40.7 Å². The third kappa shape index (κ3) is 3.31. The average Bonchev–Trinajstić information content (AvgIpc) is 3.23. The Morgan fingerprint density at radius 2 is 2.04 bits per heavy atom. The number of hydrogen-bond acceptors (Lipinski definition) is 3. The topological polar surface area (TPSA) is 50.2 Å². The monoisotopic (exact) mass is 358 g/mol. The number of carbonyl (C=O) groups excluding carboxylic acids is 1. The van der Waals surface area contributed by atoms with Gasteiger partial charge in [-0.05, 0) is 63.0 Å². The molecule has 0 bridgehead atoms. The lowest BCUT2D eigenvalue weighted by Gasteiger charge is -2.28. The number of benzene rings is 1. The van der Waals surface area contributed by atoms with Gasteiger partial charge in [0, 0.05) is 17.3 Å². The summed E-state index contributed by atoms with van der Waals surface area (Å²) in [6, 6.07) is 8.14. The second-order valence-corrected chi connectivity index (χ2v) is 7.51. The summed E-state index contributed by atoms with van der Waals surface area (Å²) >= 11 is 6.25. The molecule has 1 aromatic carbocycles. The van der Waals surface area contributed by atoms with E-state index in [-0.39, 0.29) is 11.8 Å². The number of piperidine rings is 1. The van der Waals surface area contributed by atoms with Gasteiger partial charge in [0.1, 0.15) is 0 Å². The minimum Gasteiger partial charge on any atom is -0.309 e. The van der Waals surface area contributed by atoms with Crippen LogP contribution in [0.15, 0.2) is 30.5 Å². The van der Waals surface area contributed by atoms with Crippen LogP contribution in [0.1, 0.15) is 42.3 Å². The number of halogens is 1. The van der Waals surface area contributed by atoms with E-state index in [1.165, 1.54) is 0 Å². The Labute approximate surface area is 153 Å². The first-order valence-corrected chi connectivity index (χ1v) is 9.31. The standard InChI is InChI=1S/C19H23ClN4O/c1-23-10-7-13(8-11-23)24-12-9-18(22-24)21-19(25)16-6-5-15-14(16)3-2-4-17(15)20/h2-4,9,12-13,16H,5-8,10-11H2,1H3,(H,21,22,25). The van der Waals surface area contributed by atoms with Crippen molar-refractivity contribution in [1.82, 2.24) is 14.7 Å². The summed E-state index contributed by atoms with van der Waals surface area (Å²) in [6.45, 7) is 2.18. The molecule has 25 heavy (non-hydrogen) atoms. The van der Waals surface area contributed by atoms with Crippen molar-refractivity contribution in [3.05, 3.63) is 46.6 Å². The van der Waals surface area contributed by atoms with Crippen molar-refractivity contribution in [3.8, 4) is 0 Å². The molecule has 0 radical (unpaired) electrons. The highest BCUT2D eigenvalue weighted by Crippen LogP contribution is 2.37. The summed E-state index contributed by atoms with van der Waals surface area (Å²) in [4.78, 5) is 15.0. The maximum atomic E-state index is 12.7. The van der Waals surface area contributed by atoms with Gasteiger partial charge < -0.3 is 10.2 Å². The molecule has 4 rings (SSSR count). The normalized spacial score (nSPS) is 21.3. The Morgan fingerprint density at radius 3 is 2.84 bits per heavy atom. The highest BCUT2D eigenvalue weighted by Gasteiger charge is 2.30. The van der Waals surface area contributed by atoms with Crippen LogP contribution in [0, 0.1) is 0 Å². The molecule has 1 aromatic heterocycles. The van der Waals surface area contributed by atoms with Gasteiger partial charge in [-0.1, -0.05) is 23.7 Å². The van der Waals surface area contributed by atoms with Crippen molar-refractivity contribution in [1.29, 1.82) is 0 Å². The zero-order valence-electron chi connectivity index (χ0n) is 14.4. The number of carbonyl (C=O) groups is 1. The molecule has 1 aliphatic heterocycles. The Morgan fingerprint density at radius 1 is 1.24 bits per heavy atom. The fourth-order valence-corrected chi connectivity index (χ4v) is 4.24. The average molecular weight is 359 g/mol. The zero-order valence-corrected chi connectivity index (χ0v) is 15.2. The molecule has 1 amide bonds. The Kier molecular flexibility index (Phi) is 4.52. The lowest BCUT2D eigenvalue weighted by Crippen LogP contribution is -2.31. The maximum Gasteiger partial charge on any atom is 0.233 e. The van der Waals surface area contributed by atoms with E-state index < -0.39 is 0 Å². The molecule has 2 aromatic rings. The van der Waals surface area contributed by atoms with Crippen LogP contribution in [-0.2, 0) is 11.2 Å². The minimum absolute atomic E-state index is 0.00893. The van der Waals surface area contributed by atoms with Gasteiger partial charge in [-0.2, -0.15) is 5.10 Å². The van der Waals surface area contributed by atoms with Gasteiger partial charge in [-0.25, -0.2) is 0 Å². The number of fused-ring (bicyclic) bond motifs is 1. The molecule has 2 heterocycles. The van der Waals surface area contributed by atoms with Gasteiger partial charge in [0.25, 0.3) is 0 Å². The van der Waals surface area contributed by atoms with Gasteiger partial charge in [-0.15, -0.1) is 0 Å². The molecular formula is C19H23ClN4O. The number of nitrogens with one attached hydrogen (secondary N) is 1. The maximum absolute atomic E-state index is 12.7. The first-order chi connectivity index (χ1) is 12.1. The number of amides is 1. The van der Waals surface area contributed by atoms with Gasteiger partial charge in [0.05, 0.1) is 12.0 Å². The molecular weight excluding hydrogens is 336 g/mol. The van der Waals surface area contributed by atoms with E-state index in [4.69, 9.17) is 11.6 Å². The first kappa shape index (κ1) is 16.6. The smallest absolute Gasteiger partial charge is 0.233 e. The van der Waals surface area contributed by atoms with Gasteiger partial charge in [0.2, 0.25) is 5.91 Å². The highest BCUT2D eigenvalue weighted by atomic mass is 35.5. The number of likely N-dealkylation sites (tertiary alicyclic amines) is 1. The van der Waals surface area contributed by atoms with Gasteiger partial charge in [-0.3, -0.25) is 9.48 Å². The van der Waals surface area contributed by atoms with Crippen LogP contribution < -0.4 is 5.32 Å². The summed E-state index contributed by atoms with van der Waals surface area (Å²) in [5, 5.41) is 8.34. The van der Waals surface area contributed by atoms with Crippen molar-refractivity contribution >= 4 is 23.3 Å². The number of aromatic nitrogens is 2. The summed E-state index contributed by atoms with van der Waals surface area (Å²) in [7, 11) is 2.15. The van der Waals surface area contributed by atoms with E-state index in [1.807, 2.05) is 35.1 Å². The molecule has 0 spiro atoms. The third-order valence-corrected chi connectivity index (χ3v) is 5.81. The van der Waals surface area contributed by atoms with E-state index in [1.54, 1.807) is 0 Å². The molecule has 1 atom stereocenters. The van der Waals surface area contributed by atoms with Crippen molar-refractivity contribution < 1.29 is 4.79 Å². The van der Waals surface area contributed by atoms with Crippen LogP contribution in [0.2, 0.25) is 5.02 Å². The molecule has 1 aliphatic carbocycles. The molecule has 1 saturated heterocycles. The van der Waals surface area contributed by atoms with Crippen molar-refractivity contribution in [3.63, 3.8) is 0 Å². The van der Waals surface area contributed by atoms with Crippen LogP contribution >= 0.6 is 11.6 Å². The number of hydrogen-bond donors (Lipinski definition) is 1. The first-order valence-electron chi connectivity index (χ1n) is 8.93. The summed E-state index contributed by atoms with van der Waals surface area (Å²) in [5.41, 5.74) is 2.17.